The molecule has 1 N–H and O–H groups in total. The van der Waals surface area contributed by atoms with Crippen molar-refractivity contribution in [1.29, 1.82) is 0 Å². The first-order chi connectivity index (χ1) is 12.1. The number of nitrogens with zero attached hydrogens (tertiary/aromatic N) is 3. The molecule has 0 spiro atoms. The van der Waals surface area contributed by atoms with Gasteiger partial charge in [-0.3, -0.25) is 15.1 Å². The zero-order chi connectivity index (χ0) is 17.4. The lowest BCUT2D eigenvalue weighted by atomic mass is 10.1. The molecule has 25 heavy (non-hydrogen) atoms. The number of halogens is 1. The number of aromatic nitrogens is 3. The van der Waals surface area contributed by atoms with Crippen LogP contribution in [0.2, 0.25) is 0 Å². The molecule has 0 aliphatic rings. The molecule has 4 rings (SSSR count). The number of aryl methyl sites for hydroxylation is 1. The molecule has 0 bridgehead atoms. The quantitative estimate of drug-likeness (QED) is 0.600. The number of carbonyl (C=O) groups is 1. The van der Waals surface area contributed by atoms with Crippen LogP contribution < -0.4 is 5.32 Å². The van der Waals surface area contributed by atoms with E-state index < -0.39 is 11.7 Å². The van der Waals surface area contributed by atoms with E-state index in [1.54, 1.807) is 37.4 Å². The van der Waals surface area contributed by atoms with Crippen LogP contribution in [0.25, 0.3) is 21.7 Å². The van der Waals surface area contributed by atoms with Crippen LogP contribution in [0.3, 0.4) is 0 Å². The van der Waals surface area contributed by atoms with Gasteiger partial charge in [-0.25, -0.2) is 4.39 Å². The number of nitrogens with one attached hydrogen (secondary N) is 1. The highest BCUT2D eigenvalue weighted by Gasteiger charge is 2.21. The molecule has 4 aromatic rings. The number of furan rings is 1. The highest BCUT2D eigenvalue weighted by Crippen LogP contribution is 2.29. The number of amides is 1. The van der Waals surface area contributed by atoms with E-state index in [4.69, 9.17) is 4.42 Å². The Hall–Kier alpha value is -3.13. The Morgan fingerprint density at radius 2 is 2.08 bits per heavy atom. The number of benzene rings is 1. The van der Waals surface area contributed by atoms with E-state index in [9.17, 15) is 9.18 Å². The standard InChI is InChI=1S/C17H11FN4O2S/c1-9-10-5-4-6-11(18)14(10)24-13(9)15(23)20-17-22-21-16(25-17)12-7-2-3-8-19-12/h2-8H,1H3,(H,20,22,23). The third-order valence-electron chi connectivity index (χ3n) is 3.65. The third kappa shape index (κ3) is 2.76. The smallest absolute Gasteiger partial charge is 0.293 e. The SMILES string of the molecule is Cc1c(C(=O)Nc2nnc(-c3ccccn3)s2)oc2c(F)cccc12. The number of anilines is 1. The van der Waals surface area contributed by atoms with Crippen LogP contribution >= 0.6 is 11.3 Å². The molecular weight excluding hydrogens is 343 g/mol. The van der Waals surface area contributed by atoms with Gasteiger partial charge in [0, 0.05) is 17.1 Å². The summed E-state index contributed by atoms with van der Waals surface area (Å²) in [5.41, 5.74) is 1.31. The molecule has 0 atom stereocenters. The van der Waals surface area contributed by atoms with Crippen LogP contribution in [0, 0.1) is 12.7 Å². The highest BCUT2D eigenvalue weighted by atomic mass is 32.1. The van der Waals surface area contributed by atoms with E-state index in [0.29, 0.717) is 26.8 Å². The van der Waals surface area contributed by atoms with Gasteiger partial charge >= 0.3 is 0 Å². The molecule has 0 saturated carbocycles. The average Bonchev–Trinajstić information content (AvgIpc) is 3.22. The normalized spacial score (nSPS) is 11.0. The molecule has 6 nitrogen and oxygen atoms in total. The first kappa shape index (κ1) is 15.4. The van der Waals surface area contributed by atoms with Crippen molar-refractivity contribution in [2.45, 2.75) is 6.92 Å². The minimum atomic E-state index is -0.506. The Bertz CT molecular complexity index is 1070. The van der Waals surface area contributed by atoms with Gasteiger partial charge in [0.15, 0.2) is 22.2 Å². The molecule has 1 amide bonds. The van der Waals surface area contributed by atoms with Gasteiger partial charge in [0.2, 0.25) is 5.13 Å². The first-order valence-electron chi connectivity index (χ1n) is 7.37. The molecule has 0 aliphatic heterocycles. The van der Waals surface area contributed by atoms with Gasteiger partial charge in [-0.1, -0.05) is 29.5 Å². The second-order valence-electron chi connectivity index (χ2n) is 5.25. The average molecular weight is 354 g/mol. The lowest BCUT2D eigenvalue weighted by Crippen LogP contribution is -2.11. The molecule has 0 saturated heterocycles. The van der Waals surface area contributed by atoms with E-state index in [2.05, 4.69) is 20.5 Å². The van der Waals surface area contributed by atoms with E-state index in [0.717, 1.165) is 0 Å². The summed E-state index contributed by atoms with van der Waals surface area (Å²) in [7, 11) is 0. The predicted octanol–water partition coefficient (Wildman–Crippen LogP) is 4.05. The Morgan fingerprint density at radius 1 is 1.20 bits per heavy atom. The summed E-state index contributed by atoms with van der Waals surface area (Å²) < 4.78 is 19.2. The maximum absolute atomic E-state index is 13.8. The van der Waals surface area contributed by atoms with Crippen LogP contribution in [0.15, 0.2) is 47.0 Å². The fourth-order valence-corrected chi connectivity index (χ4v) is 3.16. The summed E-state index contributed by atoms with van der Waals surface area (Å²) in [5.74, 6) is -0.959. The Kier molecular flexibility index (Phi) is 3.73. The van der Waals surface area contributed by atoms with Crippen molar-refractivity contribution < 1.29 is 13.6 Å². The maximum atomic E-state index is 13.8. The van der Waals surface area contributed by atoms with Gasteiger partial charge in [0.1, 0.15) is 5.69 Å². The number of fused-ring (bicyclic) bond motifs is 1. The largest absolute Gasteiger partial charge is 0.448 e. The molecule has 0 fully saturated rings. The molecular formula is C17H11FN4O2S. The van der Waals surface area contributed by atoms with Gasteiger partial charge in [-0.05, 0) is 25.1 Å². The highest BCUT2D eigenvalue weighted by molar-refractivity contribution is 7.18. The number of hydrogen-bond acceptors (Lipinski definition) is 6. The van der Waals surface area contributed by atoms with Crippen molar-refractivity contribution in [3.63, 3.8) is 0 Å². The van der Waals surface area contributed by atoms with Gasteiger partial charge in [-0.2, -0.15) is 0 Å². The molecule has 3 heterocycles. The Balaban J connectivity index is 1.62. The van der Waals surface area contributed by atoms with Crippen molar-refractivity contribution in [1.82, 2.24) is 15.2 Å². The maximum Gasteiger partial charge on any atom is 0.293 e. The fraction of sp³-hybridized carbons (Fsp3) is 0.0588. The van der Waals surface area contributed by atoms with E-state index in [1.165, 1.54) is 17.4 Å². The molecule has 3 aromatic heterocycles. The second-order valence-corrected chi connectivity index (χ2v) is 6.23. The summed E-state index contributed by atoms with van der Waals surface area (Å²) in [6, 6.07) is 10.0. The van der Waals surface area contributed by atoms with Gasteiger partial charge in [-0.15, -0.1) is 10.2 Å². The number of rotatable bonds is 3. The Labute approximate surface area is 145 Å². The van der Waals surface area contributed by atoms with Gasteiger partial charge < -0.3 is 4.42 Å². The minimum absolute atomic E-state index is 0.0506. The van der Waals surface area contributed by atoms with Gasteiger partial charge in [0.25, 0.3) is 5.91 Å². The molecule has 124 valence electrons. The monoisotopic (exact) mass is 354 g/mol. The summed E-state index contributed by atoms with van der Waals surface area (Å²) in [6.45, 7) is 1.71. The van der Waals surface area contributed by atoms with Crippen molar-refractivity contribution in [3.05, 3.63) is 59.7 Å². The third-order valence-corrected chi connectivity index (χ3v) is 4.51. The molecule has 0 unspecified atom stereocenters. The van der Waals surface area contributed by atoms with Crippen molar-refractivity contribution in [2.24, 2.45) is 0 Å². The summed E-state index contributed by atoms with van der Waals surface area (Å²) in [5, 5.41) is 12.0. The summed E-state index contributed by atoms with van der Waals surface area (Å²) in [6.07, 6.45) is 1.65. The zero-order valence-electron chi connectivity index (χ0n) is 13.0. The van der Waals surface area contributed by atoms with E-state index >= 15 is 0 Å². The number of hydrogen-bond donors (Lipinski definition) is 1. The van der Waals surface area contributed by atoms with E-state index in [1.807, 2.05) is 6.07 Å². The molecule has 1 aromatic carbocycles. The van der Waals surface area contributed by atoms with Crippen molar-refractivity contribution >= 4 is 33.3 Å². The number of carbonyl (C=O) groups excluding carboxylic acids is 1. The lowest BCUT2D eigenvalue weighted by Gasteiger charge is -1.98. The molecule has 0 radical (unpaired) electrons. The summed E-state index contributed by atoms with van der Waals surface area (Å²) >= 11 is 1.19. The van der Waals surface area contributed by atoms with Crippen LogP contribution in [0.1, 0.15) is 16.1 Å². The molecule has 0 aliphatic carbocycles. The number of para-hydroxylation sites is 1. The molecule has 8 heteroatoms. The van der Waals surface area contributed by atoms with E-state index in [-0.39, 0.29) is 11.3 Å². The second kappa shape index (κ2) is 6.06. The van der Waals surface area contributed by atoms with Crippen LogP contribution in [-0.4, -0.2) is 21.1 Å². The Morgan fingerprint density at radius 3 is 2.84 bits per heavy atom. The lowest BCUT2D eigenvalue weighted by molar-refractivity contribution is 0.0997. The topological polar surface area (TPSA) is 80.9 Å². The number of pyridine rings is 1. The van der Waals surface area contributed by atoms with Crippen LogP contribution in [0.5, 0.6) is 0 Å². The minimum Gasteiger partial charge on any atom is -0.448 e. The first-order valence-corrected chi connectivity index (χ1v) is 8.19. The van der Waals surface area contributed by atoms with Crippen molar-refractivity contribution in [2.75, 3.05) is 5.32 Å². The van der Waals surface area contributed by atoms with Crippen molar-refractivity contribution in [3.8, 4) is 10.7 Å². The fourth-order valence-electron chi connectivity index (χ4n) is 2.45. The van der Waals surface area contributed by atoms with Gasteiger partial charge in [0.05, 0.1) is 0 Å². The predicted molar refractivity (Wildman–Crippen MR) is 92.0 cm³/mol. The van der Waals surface area contributed by atoms with Crippen LogP contribution in [0.4, 0.5) is 9.52 Å². The zero-order valence-corrected chi connectivity index (χ0v) is 13.8. The summed E-state index contributed by atoms with van der Waals surface area (Å²) in [4.78, 5) is 16.6. The van der Waals surface area contributed by atoms with Crippen LogP contribution in [-0.2, 0) is 0 Å².